The summed E-state index contributed by atoms with van der Waals surface area (Å²) in [6, 6.07) is 3.07. The topological polar surface area (TPSA) is 110 Å². The van der Waals surface area contributed by atoms with Crippen LogP contribution in [-0.2, 0) is 19.1 Å². The summed E-state index contributed by atoms with van der Waals surface area (Å²) in [6.45, 7) is 5.86. The number of amides is 2. The third-order valence-electron chi connectivity index (χ3n) is 5.75. The number of fused-ring (bicyclic) bond motifs is 1. The van der Waals surface area contributed by atoms with Crippen LogP contribution in [0.1, 0.15) is 10.4 Å². The van der Waals surface area contributed by atoms with Crippen LogP contribution >= 0.6 is 0 Å². The molecule has 32 heavy (non-hydrogen) atoms. The lowest BCUT2D eigenvalue weighted by Crippen LogP contribution is -2.53. The molecule has 2 fully saturated rings. The fourth-order valence-electron chi connectivity index (χ4n) is 3.92. The Morgan fingerprint density at radius 3 is 2.28 bits per heavy atom. The summed E-state index contributed by atoms with van der Waals surface area (Å²) in [5.74, 6) is 0.161. The van der Waals surface area contributed by atoms with Crippen molar-refractivity contribution in [3.05, 3.63) is 17.7 Å². The largest absolute Gasteiger partial charge is 0.465 e. The third kappa shape index (κ3) is 5.29. The molecule has 0 bridgehead atoms. The molecule has 0 saturated carbocycles. The normalized spacial score (nSPS) is 19.0. The van der Waals surface area contributed by atoms with Gasteiger partial charge in [-0.1, -0.05) is 0 Å². The van der Waals surface area contributed by atoms with E-state index in [1.807, 2.05) is 9.80 Å². The van der Waals surface area contributed by atoms with Crippen molar-refractivity contribution in [2.45, 2.75) is 0 Å². The van der Waals surface area contributed by atoms with Crippen molar-refractivity contribution in [3.8, 4) is 11.5 Å². The summed E-state index contributed by atoms with van der Waals surface area (Å²) in [5, 5.41) is 2.77. The second kappa shape index (κ2) is 10.2. The van der Waals surface area contributed by atoms with Gasteiger partial charge in [0.1, 0.15) is 0 Å². The van der Waals surface area contributed by atoms with E-state index < -0.39 is 5.97 Å². The van der Waals surface area contributed by atoms with Crippen LogP contribution in [0.5, 0.6) is 11.5 Å². The van der Waals surface area contributed by atoms with Crippen molar-refractivity contribution < 1.29 is 33.3 Å². The van der Waals surface area contributed by atoms with E-state index in [1.165, 1.54) is 13.2 Å². The molecule has 0 aliphatic carbocycles. The van der Waals surface area contributed by atoms with Crippen LogP contribution in [0.4, 0.5) is 5.69 Å². The first-order valence-corrected chi connectivity index (χ1v) is 10.7. The minimum Gasteiger partial charge on any atom is -0.465 e. The molecular weight excluding hydrogens is 420 g/mol. The van der Waals surface area contributed by atoms with Crippen LogP contribution in [0.3, 0.4) is 0 Å². The number of carbonyl (C=O) groups is 3. The average molecular weight is 448 g/mol. The molecule has 0 unspecified atom stereocenters. The fourth-order valence-corrected chi connectivity index (χ4v) is 3.92. The van der Waals surface area contributed by atoms with Gasteiger partial charge in [-0.2, -0.15) is 0 Å². The van der Waals surface area contributed by atoms with Crippen molar-refractivity contribution in [3.63, 3.8) is 0 Å². The number of nitrogens with zero attached hydrogens (tertiary/aromatic N) is 3. The van der Waals surface area contributed by atoms with Gasteiger partial charge in [0, 0.05) is 51.4 Å². The summed E-state index contributed by atoms with van der Waals surface area (Å²) in [5.41, 5.74) is 0.508. The lowest BCUT2D eigenvalue weighted by atomic mass is 10.1. The highest BCUT2D eigenvalue weighted by Gasteiger charge is 2.26. The predicted octanol–water partition coefficient (Wildman–Crippen LogP) is -0.383. The number of carbonyl (C=O) groups excluding carboxylic acids is 3. The first-order chi connectivity index (χ1) is 15.5. The number of methoxy groups -OCH3 is 1. The molecule has 2 amide bonds. The molecule has 4 rings (SSSR count). The third-order valence-corrected chi connectivity index (χ3v) is 5.75. The number of rotatable bonds is 6. The number of benzene rings is 1. The molecule has 3 aliphatic rings. The minimum atomic E-state index is -0.578. The first kappa shape index (κ1) is 22.3. The highest BCUT2D eigenvalue weighted by molar-refractivity contribution is 6.02. The summed E-state index contributed by atoms with van der Waals surface area (Å²) in [4.78, 5) is 43.2. The van der Waals surface area contributed by atoms with Crippen LogP contribution < -0.4 is 14.8 Å². The maximum absolute atomic E-state index is 12.6. The van der Waals surface area contributed by atoms with Gasteiger partial charge in [-0.3, -0.25) is 19.4 Å². The lowest BCUT2D eigenvalue weighted by molar-refractivity contribution is -0.135. The van der Waals surface area contributed by atoms with E-state index in [2.05, 4.69) is 10.2 Å². The zero-order valence-corrected chi connectivity index (χ0v) is 18.1. The van der Waals surface area contributed by atoms with E-state index in [0.717, 1.165) is 13.1 Å². The number of anilines is 1. The van der Waals surface area contributed by atoms with E-state index in [4.69, 9.17) is 18.9 Å². The van der Waals surface area contributed by atoms with Gasteiger partial charge in [-0.15, -0.1) is 0 Å². The van der Waals surface area contributed by atoms with Crippen LogP contribution in [0.25, 0.3) is 0 Å². The van der Waals surface area contributed by atoms with Crippen molar-refractivity contribution >= 4 is 23.5 Å². The van der Waals surface area contributed by atoms with Crippen LogP contribution in [-0.4, -0.2) is 112 Å². The average Bonchev–Trinajstić information content (AvgIpc) is 3.26. The van der Waals surface area contributed by atoms with Crippen molar-refractivity contribution in [2.75, 3.05) is 84.8 Å². The van der Waals surface area contributed by atoms with E-state index in [9.17, 15) is 14.4 Å². The van der Waals surface area contributed by atoms with Gasteiger partial charge in [-0.25, -0.2) is 4.79 Å². The Hall–Kier alpha value is -2.89. The van der Waals surface area contributed by atoms with Crippen LogP contribution in [0.15, 0.2) is 12.1 Å². The maximum atomic E-state index is 12.6. The zero-order chi connectivity index (χ0) is 22.5. The molecule has 1 N–H and O–H groups in total. The number of hydrogen-bond acceptors (Lipinski definition) is 9. The summed E-state index contributed by atoms with van der Waals surface area (Å²) < 4.78 is 20.8. The van der Waals surface area contributed by atoms with Crippen molar-refractivity contribution in [1.82, 2.24) is 14.7 Å². The summed E-state index contributed by atoms with van der Waals surface area (Å²) in [6.07, 6.45) is 0. The Balaban J connectivity index is 1.28. The molecule has 3 aliphatic heterocycles. The van der Waals surface area contributed by atoms with E-state index in [0.29, 0.717) is 63.1 Å². The lowest BCUT2D eigenvalue weighted by Gasteiger charge is -2.36. The van der Waals surface area contributed by atoms with E-state index in [-0.39, 0.29) is 30.7 Å². The molecule has 174 valence electrons. The monoisotopic (exact) mass is 448 g/mol. The van der Waals surface area contributed by atoms with Crippen LogP contribution in [0.2, 0.25) is 0 Å². The predicted molar refractivity (Wildman–Crippen MR) is 113 cm³/mol. The molecule has 0 radical (unpaired) electrons. The fraction of sp³-hybridized carbons (Fsp3) is 0.571. The second-order valence-corrected chi connectivity index (χ2v) is 7.84. The molecule has 1 aromatic carbocycles. The highest BCUT2D eigenvalue weighted by atomic mass is 16.7. The van der Waals surface area contributed by atoms with E-state index >= 15 is 0 Å². The number of piperazine rings is 1. The van der Waals surface area contributed by atoms with Gasteiger partial charge >= 0.3 is 5.97 Å². The first-order valence-electron chi connectivity index (χ1n) is 10.7. The van der Waals surface area contributed by atoms with Crippen LogP contribution in [0, 0.1) is 0 Å². The zero-order valence-electron chi connectivity index (χ0n) is 18.1. The molecule has 0 atom stereocenters. The van der Waals surface area contributed by atoms with Crippen molar-refractivity contribution in [1.29, 1.82) is 0 Å². The highest BCUT2D eigenvalue weighted by Crippen LogP contribution is 2.37. The number of morpholine rings is 1. The van der Waals surface area contributed by atoms with Gasteiger partial charge in [0.05, 0.1) is 44.7 Å². The number of ether oxygens (including phenoxy) is 4. The molecule has 1 aromatic rings. The number of esters is 1. The Labute approximate surface area is 186 Å². The number of hydrogen-bond donors (Lipinski definition) is 1. The second-order valence-electron chi connectivity index (χ2n) is 7.84. The van der Waals surface area contributed by atoms with Gasteiger partial charge in [0.25, 0.3) is 0 Å². The van der Waals surface area contributed by atoms with Gasteiger partial charge in [0.2, 0.25) is 18.6 Å². The number of nitrogens with one attached hydrogen (secondary N) is 1. The maximum Gasteiger partial charge on any atom is 0.340 e. The van der Waals surface area contributed by atoms with E-state index in [1.54, 1.807) is 6.07 Å². The SMILES string of the molecule is COC(=O)c1cc2c(cc1NC(=O)CN1CCN(C(=O)CN3CCOCC3)CC1)OCO2. The Kier molecular flexibility index (Phi) is 7.08. The molecule has 3 heterocycles. The van der Waals surface area contributed by atoms with Gasteiger partial charge in [-0.05, 0) is 0 Å². The summed E-state index contributed by atoms with van der Waals surface area (Å²) in [7, 11) is 1.28. The summed E-state index contributed by atoms with van der Waals surface area (Å²) >= 11 is 0. The minimum absolute atomic E-state index is 0.0574. The van der Waals surface area contributed by atoms with Gasteiger partial charge in [0.15, 0.2) is 11.5 Å². The Bertz CT molecular complexity index is 864. The quantitative estimate of drug-likeness (QED) is 0.582. The molecule has 0 spiro atoms. The molecular formula is C21H28N4O7. The molecule has 2 saturated heterocycles. The molecule has 11 heteroatoms. The Morgan fingerprint density at radius 2 is 1.59 bits per heavy atom. The van der Waals surface area contributed by atoms with Gasteiger partial charge < -0.3 is 29.2 Å². The standard InChI is InChI=1S/C21H28N4O7/c1-29-21(28)15-10-17-18(32-14-31-17)11-16(15)22-19(26)12-23-2-4-25(5-3-23)20(27)13-24-6-8-30-9-7-24/h10-11H,2-9,12-14H2,1H3,(H,22,26). The van der Waals surface area contributed by atoms with Crippen molar-refractivity contribution in [2.24, 2.45) is 0 Å². The molecule has 0 aromatic heterocycles. The molecule has 11 nitrogen and oxygen atoms in total. The Morgan fingerprint density at radius 1 is 0.938 bits per heavy atom. The smallest absolute Gasteiger partial charge is 0.340 e.